The van der Waals surface area contributed by atoms with Crippen molar-refractivity contribution in [3.8, 4) is 0 Å². The van der Waals surface area contributed by atoms with Crippen molar-refractivity contribution >= 4 is 20.4 Å². The maximum absolute atomic E-state index is 10.3. The molecule has 0 aromatic rings. The largest absolute Gasteiger partial charge is 0.285 e. The summed E-state index contributed by atoms with van der Waals surface area (Å²) in [6, 6.07) is 0.584. The Morgan fingerprint density at radius 3 is 2.22 bits per heavy atom. The third-order valence-corrected chi connectivity index (χ3v) is 2.60. The minimum absolute atomic E-state index is 0.440. The van der Waals surface area contributed by atoms with E-state index in [1.54, 1.807) is 0 Å². The zero-order valence-electron chi connectivity index (χ0n) is 5.16. The van der Waals surface area contributed by atoms with Crippen LogP contribution in [0.5, 0.6) is 0 Å². The number of rotatable bonds is 3. The summed E-state index contributed by atoms with van der Waals surface area (Å²) in [6.07, 6.45) is 0.440. The van der Waals surface area contributed by atoms with E-state index in [4.69, 9.17) is 4.55 Å². The summed E-state index contributed by atoms with van der Waals surface area (Å²) in [7, 11) is -0.685. The van der Waals surface area contributed by atoms with Gasteiger partial charge in [0.1, 0.15) is 0 Å². The standard InChI is InChI=1S/C4H9O3SSi/c1-4(2-3-9)8(5,6)7/h4H,2-3H2,1H3,(H,5,6,7). The molecule has 0 spiro atoms. The van der Waals surface area contributed by atoms with Gasteiger partial charge >= 0.3 is 0 Å². The zero-order chi connectivity index (χ0) is 7.49. The van der Waals surface area contributed by atoms with Gasteiger partial charge in [0.25, 0.3) is 10.1 Å². The summed E-state index contributed by atoms with van der Waals surface area (Å²) in [5.41, 5.74) is 0. The van der Waals surface area contributed by atoms with Crippen molar-refractivity contribution in [1.29, 1.82) is 0 Å². The molecule has 3 radical (unpaired) electrons. The summed E-state index contributed by atoms with van der Waals surface area (Å²) < 4.78 is 28.9. The normalized spacial score (nSPS) is 15.4. The second-order valence-corrected chi connectivity index (χ2v) is 4.20. The second kappa shape index (κ2) is 3.33. The van der Waals surface area contributed by atoms with Crippen molar-refractivity contribution in [2.75, 3.05) is 0 Å². The van der Waals surface area contributed by atoms with Crippen molar-refractivity contribution < 1.29 is 13.0 Å². The maximum Gasteiger partial charge on any atom is 0.267 e. The Kier molecular flexibility index (Phi) is 3.38. The van der Waals surface area contributed by atoms with Gasteiger partial charge in [-0.3, -0.25) is 4.55 Å². The highest BCUT2D eigenvalue weighted by Gasteiger charge is 2.14. The van der Waals surface area contributed by atoms with E-state index in [0.29, 0.717) is 12.5 Å². The van der Waals surface area contributed by atoms with Crippen LogP contribution in [0.15, 0.2) is 0 Å². The zero-order valence-corrected chi connectivity index (χ0v) is 6.98. The van der Waals surface area contributed by atoms with Crippen LogP contribution in [-0.2, 0) is 10.1 Å². The average Bonchev–Trinajstić information content (AvgIpc) is 1.64. The Balaban J connectivity index is 3.90. The highest BCUT2D eigenvalue weighted by Crippen LogP contribution is 2.03. The van der Waals surface area contributed by atoms with E-state index in [1.165, 1.54) is 6.92 Å². The Morgan fingerprint density at radius 2 is 2.11 bits per heavy atom. The first-order valence-electron chi connectivity index (χ1n) is 2.59. The molecule has 53 valence electrons. The highest BCUT2D eigenvalue weighted by atomic mass is 32.2. The smallest absolute Gasteiger partial charge is 0.267 e. The van der Waals surface area contributed by atoms with E-state index in [0.717, 1.165) is 0 Å². The highest BCUT2D eigenvalue weighted by molar-refractivity contribution is 7.86. The molecule has 0 aromatic heterocycles. The van der Waals surface area contributed by atoms with Gasteiger partial charge in [-0.1, -0.05) is 6.04 Å². The maximum atomic E-state index is 10.3. The topological polar surface area (TPSA) is 54.4 Å². The summed E-state index contributed by atoms with van der Waals surface area (Å²) in [5.74, 6) is 0. The fourth-order valence-corrected chi connectivity index (χ4v) is 1.41. The number of hydrogen-bond acceptors (Lipinski definition) is 2. The predicted octanol–water partition coefficient (Wildman–Crippen LogP) is 0.240. The lowest BCUT2D eigenvalue weighted by atomic mass is 10.4. The van der Waals surface area contributed by atoms with Gasteiger partial charge in [0.2, 0.25) is 0 Å². The molecule has 0 aliphatic heterocycles. The van der Waals surface area contributed by atoms with Crippen LogP contribution in [0.4, 0.5) is 0 Å². The van der Waals surface area contributed by atoms with Crippen LogP contribution in [0.1, 0.15) is 13.3 Å². The van der Waals surface area contributed by atoms with Crippen molar-refractivity contribution in [2.45, 2.75) is 24.6 Å². The first-order valence-corrected chi connectivity index (χ1v) is 4.80. The molecule has 0 bridgehead atoms. The van der Waals surface area contributed by atoms with Crippen molar-refractivity contribution in [1.82, 2.24) is 0 Å². The van der Waals surface area contributed by atoms with Crippen molar-refractivity contribution in [3.05, 3.63) is 0 Å². The molecular formula is C4H9O3SSi. The first-order chi connectivity index (χ1) is 3.98. The molecule has 1 atom stereocenters. The van der Waals surface area contributed by atoms with Crippen LogP contribution in [0.2, 0.25) is 6.04 Å². The molecule has 0 fully saturated rings. The van der Waals surface area contributed by atoms with Crippen LogP contribution in [0, 0.1) is 0 Å². The lowest BCUT2D eigenvalue weighted by Crippen LogP contribution is -2.15. The molecule has 0 saturated heterocycles. The Labute approximate surface area is 58.6 Å². The molecule has 3 nitrogen and oxygen atoms in total. The Bertz CT molecular complexity index is 163. The third kappa shape index (κ3) is 3.66. The van der Waals surface area contributed by atoms with E-state index in [2.05, 4.69) is 10.2 Å². The summed E-state index contributed by atoms with van der Waals surface area (Å²) >= 11 is 0. The predicted molar refractivity (Wildman–Crippen MR) is 36.2 cm³/mol. The van der Waals surface area contributed by atoms with E-state index >= 15 is 0 Å². The van der Waals surface area contributed by atoms with E-state index in [9.17, 15) is 8.42 Å². The molecule has 0 heterocycles. The lowest BCUT2D eigenvalue weighted by molar-refractivity contribution is 0.468. The van der Waals surface area contributed by atoms with Gasteiger partial charge in [0.05, 0.1) is 5.25 Å². The van der Waals surface area contributed by atoms with Crippen molar-refractivity contribution in [3.63, 3.8) is 0 Å². The Morgan fingerprint density at radius 1 is 1.67 bits per heavy atom. The lowest BCUT2D eigenvalue weighted by Gasteiger charge is -2.03. The molecule has 0 saturated carbocycles. The van der Waals surface area contributed by atoms with Crippen molar-refractivity contribution in [2.24, 2.45) is 0 Å². The van der Waals surface area contributed by atoms with Crippen LogP contribution in [0.25, 0.3) is 0 Å². The fraction of sp³-hybridized carbons (Fsp3) is 1.00. The molecule has 0 aromatic carbocycles. The minimum Gasteiger partial charge on any atom is -0.285 e. The SMILES string of the molecule is CC(CC[Si])S(=O)(=O)O. The number of hydrogen-bond donors (Lipinski definition) is 1. The molecule has 5 heteroatoms. The summed E-state index contributed by atoms with van der Waals surface area (Å²) in [4.78, 5) is 0. The Hall–Kier alpha value is 0.127. The first kappa shape index (κ1) is 9.13. The second-order valence-electron chi connectivity index (χ2n) is 1.86. The molecule has 0 rings (SSSR count). The van der Waals surface area contributed by atoms with Crippen LogP contribution in [-0.4, -0.2) is 28.5 Å². The molecule has 1 unspecified atom stereocenters. The van der Waals surface area contributed by atoms with Gasteiger partial charge in [-0.25, -0.2) is 0 Å². The monoisotopic (exact) mass is 165 g/mol. The van der Waals surface area contributed by atoms with Gasteiger partial charge < -0.3 is 0 Å². The van der Waals surface area contributed by atoms with E-state index in [1.807, 2.05) is 0 Å². The molecule has 0 aliphatic rings. The third-order valence-electron chi connectivity index (χ3n) is 1.06. The molecule has 0 aliphatic carbocycles. The molecular weight excluding hydrogens is 156 g/mol. The summed E-state index contributed by atoms with van der Waals surface area (Å²) in [6.45, 7) is 1.47. The average molecular weight is 165 g/mol. The molecule has 9 heavy (non-hydrogen) atoms. The summed E-state index contributed by atoms with van der Waals surface area (Å²) in [5, 5.41) is -0.657. The minimum atomic E-state index is -3.80. The van der Waals surface area contributed by atoms with E-state index in [-0.39, 0.29) is 0 Å². The van der Waals surface area contributed by atoms with Crippen LogP contribution in [0.3, 0.4) is 0 Å². The quantitative estimate of drug-likeness (QED) is 0.481. The van der Waals surface area contributed by atoms with Gasteiger partial charge in [0, 0.05) is 10.2 Å². The fourth-order valence-electron chi connectivity index (χ4n) is 0.352. The van der Waals surface area contributed by atoms with Crippen LogP contribution < -0.4 is 0 Å². The van der Waals surface area contributed by atoms with Gasteiger partial charge in [-0.2, -0.15) is 8.42 Å². The molecule has 1 N–H and O–H groups in total. The van der Waals surface area contributed by atoms with Crippen LogP contribution >= 0.6 is 0 Å². The van der Waals surface area contributed by atoms with Gasteiger partial charge in [-0.15, -0.1) is 0 Å². The molecule has 0 amide bonds. The van der Waals surface area contributed by atoms with E-state index < -0.39 is 15.4 Å². The van der Waals surface area contributed by atoms with Gasteiger partial charge in [-0.05, 0) is 13.3 Å². The van der Waals surface area contributed by atoms with Gasteiger partial charge in [0.15, 0.2) is 0 Å².